The normalized spacial score (nSPS) is 11.4. The minimum absolute atomic E-state index is 0.0556. The summed E-state index contributed by atoms with van der Waals surface area (Å²) < 4.78 is 0. The third kappa shape index (κ3) is 4.49. The van der Waals surface area contributed by atoms with Crippen molar-refractivity contribution in [3.05, 3.63) is 52.9 Å². The van der Waals surface area contributed by atoms with Gasteiger partial charge in [0.1, 0.15) is 16.8 Å². The van der Waals surface area contributed by atoms with Crippen molar-refractivity contribution in [2.24, 2.45) is 0 Å². The number of nitrogens with one attached hydrogen (secondary N) is 1. The van der Waals surface area contributed by atoms with Gasteiger partial charge in [-0.25, -0.2) is 9.97 Å². The van der Waals surface area contributed by atoms with Crippen molar-refractivity contribution in [2.75, 3.05) is 5.32 Å². The van der Waals surface area contributed by atoms with Crippen LogP contribution in [-0.2, 0) is 6.42 Å². The summed E-state index contributed by atoms with van der Waals surface area (Å²) in [5.41, 5.74) is 1.29. The van der Waals surface area contributed by atoms with Gasteiger partial charge in [-0.1, -0.05) is 41.9 Å². The van der Waals surface area contributed by atoms with Gasteiger partial charge >= 0.3 is 0 Å². The molecule has 1 N–H and O–H groups in total. The molecule has 106 valence electrons. The maximum absolute atomic E-state index is 5.96. The number of aryl methyl sites for hydroxylation is 2. The van der Waals surface area contributed by atoms with E-state index < -0.39 is 0 Å². The highest BCUT2D eigenvalue weighted by Crippen LogP contribution is 2.20. The second kappa shape index (κ2) is 6.23. The lowest BCUT2D eigenvalue weighted by Gasteiger charge is -2.27. The molecule has 0 aliphatic rings. The molecule has 0 saturated carbocycles. The Morgan fingerprint density at radius 2 is 1.85 bits per heavy atom. The molecule has 0 atom stereocenters. The molecular weight excluding hydrogens is 270 g/mol. The van der Waals surface area contributed by atoms with Crippen LogP contribution in [0.3, 0.4) is 0 Å². The van der Waals surface area contributed by atoms with Crippen molar-refractivity contribution < 1.29 is 0 Å². The van der Waals surface area contributed by atoms with E-state index in [1.165, 1.54) is 5.56 Å². The van der Waals surface area contributed by atoms with Crippen LogP contribution >= 0.6 is 11.6 Å². The summed E-state index contributed by atoms with van der Waals surface area (Å²) in [4.78, 5) is 8.44. The van der Waals surface area contributed by atoms with Gasteiger partial charge in [-0.15, -0.1) is 0 Å². The average Bonchev–Trinajstić information content (AvgIpc) is 2.36. The molecule has 0 fully saturated rings. The van der Waals surface area contributed by atoms with E-state index in [2.05, 4.69) is 53.4 Å². The van der Waals surface area contributed by atoms with Gasteiger partial charge in [0, 0.05) is 11.6 Å². The average molecular weight is 290 g/mol. The van der Waals surface area contributed by atoms with E-state index in [0.717, 1.165) is 18.7 Å². The fourth-order valence-electron chi connectivity index (χ4n) is 2.11. The second-order valence-electron chi connectivity index (χ2n) is 5.62. The SMILES string of the molecule is Cc1nc(Cl)cc(NC(C)(C)CCc2ccccc2)n1. The Morgan fingerprint density at radius 1 is 1.15 bits per heavy atom. The van der Waals surface area contributed by atoms with E-state index in [9.17, 15) is 0 Å². The number of nitrogens with zero attached hydrogens (tertiary/aromatic N) is 2. The summed E-state index contributed by atoms with van der Waals surface area (Å²) in [5.74, 6) is 1.46. The van der Waals surface area contributed by atoms with E-state index in [1.807, 2.05) is 13.0 Å². The van der Waals surface area contributed by atoms with Crippen LogP contribution in [0.25, 0.3) is 0 Å². The molecule has 0 radical (unpaired) electrons. The van der Waals surface area contributed by atoms with Gasteiger partial charge in [-0.05, 0) is 39.2 Å². The lowest BCUT2D eigenvalue weighted by atomic mass is 9.95. The first-order chi connectivity index (χ1) is 9.44. The molecule has 0 amide bonds. The molecule has 2 aromatic rings. The van der Waals surface area contributed by atoms with Crippen LogP contribution in [-0.4, -0.2) is 15.5 Å². The van der Waals surface area contributed by atoms with E-state index in [0.29, 0.717) is 11.0 Å². The zero-order valence-corrected chi connectivity index (χ0v) is 12.9. The molecule has 1 heterocycles. The fraction of sp³-hybridized carbons (Fsp3) is 0.375. The highest BCUT2D eigenvalue weighted by atomic mass is 35.5. The van der Waals surface area contributed by atoms with Crippen molar-refractivity contribution in [1.29, 1.82) is 0 Å². The van der Waals surface area contributed by atoms with Gasteiger partial charge < -0.3 is 5.32 Å². The molecule has 0 aliphatic heterocycles. The molecule has 4 heteroatoms. The Labute approximate surface area is 125 Å². The van der Waals surface area contributed by atoms with Crippen molar-refractivity contribution in [2.45, 2.75) is 39.2 Å². The smallest absolute Gasteiger partial charge is 0.134 e. The Bertz CT molecular complexity index is 547. The third-order valence-corrected chi connectivity index (χ3v) is 3.35. The third-order valence-electron chi connectivity index (χ3n) is 3.15. The quantitative estimate of drug-likeness (QED) is 0.836. The molecule has 20 heavy (non-hydrogen) atoms. The van der Waals surface area contributed by atoms with Crippen LogP contribution in [0.15, 0.2) is 36.4 Å². The monoisotopic (exact) mass is 289 g/mol. The number of hydrogen-bond acceptors (Lipinski definition) is 3. The summed E-state index contributed by atoms with van der Waals surface area (Å²) in [6, 6.07) is 12.3. The molecule has 0 spiro atoms. The van der Waals surface area contributed by atoms with E-state index in [4.69, 9.17) is 11.6 Å². The zero-order chi connectivity index (χ0) is 14.6. The van der Waals surface area contributed by atoms with Crippen molar-refractivity contribution in [3.63, 3.8) is 0 Å². The summed E-state index contributed by atoms with van der Waals surface area (Å²) in [7, 11) is 0. The number of aromatic nitrogens is 2. The maximum atomic E-state index is 5.96. The van der Waals surface area contributed by atoms with Crippen LogP contribution in [0, 0.1) is 6.92 Å². The Morgan fingerprint density at radius 3 is 2.50 bits per heavy atom. The first-order valence-corrected chi connectivity index (χ1v) is 7.16. The number of benzene rings is 1. The number of anilines is 1. The molecule has 0 bridgehead atoms. The van der Waals surface area contributed by atoms with Crippen LogP contribution in [0.5, 0.6) is 0 Å². The van der Waals surface area contributed by atoms with Crippen LogP contribution < -0.4 is 5.32 Å². The molecule has 3 nitrogen and oxygen atoms in total. The van der Waals surface area contributed by atoms with Crippen molar-refractivity contribution in [1.82, 2.24) is 9.97 Å². The predicted octanol–water partition coefficient (Wildman–Crippen LogP) is 4.26. The largest absolute Gasteiger partial charge is 0.365 e. The molecule has 0 unspecified atom stereocenters. The minimum Gasteiger partial charge on any atom is -0.365 e. The molecule has 1 aromatic carbocycles. The first-order valence-electron chi connectivity index (χ1n) is 6.78. The lowest BCUT2D eigenvalue weighted by molar-refractivity contribution is 0.516. The zero-order valence-electron chi connectivity index (χ0n) is 12.2. The van der Waals surface area contributed by atoms with E-state index in [1.54, 1.807) is 6.07 Å². The molecule has 0 saturated heterocycles. The van der Waals surface area contributed by atoms with Gasteiger partial charge in [0.2, 0.25) is 0 Å². The standard InChI is InChI=1S/C16H20ClN3/c1-12-18-14(17)11-15(19-12)20-16(2,3)10-9-13-7-5-4-6-8-13/h4-8,11H,9-10H2,1-3H3,(H,18,19,20). The summed E-state index contributed by atoms with van der Waals surface area (Å²) in [6.07, 6.45) is 2.04. The summed E-state index contributed by atoms with van der Waals surface area (Å²) >= 11 is 5.96. The van der Waals surface area contributed by atoms with Crippen molar-refractivity contribution in [3.8, 4) is 0 Å². The van der Waals surface area contributed by atoms with Gasteiger partial charge in [-0.3, -0.25) is 0 Å². The van der Waals surface area contributed by atoms with Crippen LogP contribution in [0.1, 0.15) is 31.7 Å². The highest BCUT2D eigenvalue weighted by molar-refractivity contribution is 6.29. The molecule has 0 aliphatic carbocycles. The Hall–Kier alpha value is -1.61. The van der Waals surface area contributed by atoms with Gasteiger partial charge in [0.05, 0.1) is 0 Å². The molecule has 1 aromatic heterocycles. The topological polar surface area (TPSA) is 37.8 Å². The summed E-state index contributed by atoms with van der Waals surface area (Å²) in [6.45, 7) is 6.18. The highest BCUT2D eigenvalue weighted by Gasteiger charge is 2.18. The van der Waals surface area contributed by atoms with Gasteiger partial charge in [0.15, 0.2) is 0 Å². The Kier molecular flexibility index (Phi) is 4.61. The fourth-order valence-corrected chi connectivity index (χ4v) is 2.33. The van der Waals surface area contributed by atoms with Crippen LogP contribution in [0.2, 0.25) is 5.15 Å². The molecule has 2 rings (SSSR count). The molecular formula is C16H20ClN3. The van der Waals surface area contributed by atoms with E-state index in [-0.39, 0.29) is 5.54 Å². The van der Waals surface area contributed by atoms with Crippen molar-refractivity contribution >= 4 is 17.4 Å². The van der Waals surface area contributed by atoms with Gasteiger partial charge in [0.25, 0.3) is 0 Å². The van der Waals surface area contributed by atoms with Gasteiger partial charge in [-0.2, -0.15) is 0 Å². The van der Waals surface area contributed by atoms with E-state index >= 15 is 0 Å². The predicted molar refractivity (Wildman–Crippen MR) is 84.2 cm³/mol. The summed E-state index contributed by atoms with van der Waals surface area (Å²) in [5, 5.41) is 3.91. The first kappa shape index (κ1) is 14.8. The Balaban J connectivity index is 1.99. The number of halogens is 1. The number of rotatable bonds is 5. The van der Waals surface area contributed by atoms with Crippen LogP contribution in [0.4, 0.5) is 5.82 Å². The maximum Gasteiger partial charge on any atom is 0.134 e. The second-order valence-corrected chi connectivity index (χ2v) is 6.00. The minimum atomic E-state index is -0.0556. The number of hydrogen-bond donors (Lipinski definition) is 1. The lowest BCUT2D eigenvalue weighted by Crippen LogP contribution is -2.32.